The van der Waals surface area contributed by atoms with Gasteiger partial charge < -0.3 is 37.5 Å². The van der Waals surface area contributed by atoms with Crippen LogP contribution < -0.4 is 32.7 Å². The van der Waals surface area contributed by atoms with Crippen molar-refractivity contribution in [3.63, 3.8) is 0 Å². The highest BCUT2D eigenvalue weighted by Crippen LogP contribution is 2.24. The van der Waals surface area contributed by atoms with Crippen LogP contribution in [0.5, 0.6) is 0 Å². The third-order valence-corrected chi connectivity index (χ3v) is 9.73. The summed E-state index contributed by atoms with van der Waals surface area (Å²) in [5.41, 5.74) is 22.0. The molecule has 6 heterocycles. The summed E-state index contributed by atoms with van der Waals surface area (Å²) in [6.07, 6.45) is 7.12. The van der Waals surface area contributed by atoms with Gasteiger partial charge in [-0.2, -0.15) is 5.10 Å². The fraction of sp³-hybridized carbons (Fsp3) is 0.357. The number of rotatable bonds is 6. The summed E-state index contributed by atoms with van der Waals surface area (Å²) in [6, 6.07) is 22.1. The zero-order chi connectivity index (χ0) is 41.4. The second-order valence-corrected chi connectivity index (χ2v) is 15.4. The molecule has 0 saturated carbocycles. The fourth-order valence-corrected chi connectivity index (χ4v) is 6.60. The van der Waals surface area contributed by atoms with Crippen LogP contribution in [-0.2, 0) is 4.74 Å². The number of nitrogens with one attached hydrogen (secondary N) is 2. The van der Waals surface area contributed by atoms with Gasteiger partial charge in [0, 0.05) is 47.4 Å². The molecule has 3 amide bonds. The van der Waals surface area contributed by atoms with E-state index in [1.54, 1.807) is 65.4 Å². The number of amides is 3. The Bertz CT molecular complexity index is 2340. The van der Waals surface area contributed by atoms with Crippen molar-refractivity contribution in [1.29, 1.82) is 0 Å². The smallest absolute Gasteiger partial charge is 0.407 e. The number of nitrogens with two attached hydrogens (primary N) is 3. The molecule has 0 bridgehead atoms. The summed E-state index contributed by atoms with van der Waals surface area (Å²) in [6.45, 7) is 9.38. The molecule has 0 aliphatic carbocycles. The van der Waals surface area contributed by atoms with Crippen LogP contribution in [0.15, 0.2) is 85.2 Å². The summed E-state index contributed by atoms with van der Waals surface area (Å²) in [7, 11) is 0. The number of alkyl carbamates (subject to hydrolysis) is 1. The molecule has 2 fully saturated rings. The normalized spacial score (nSPS) is 14.6. The molecule has 8 rings (SSSR count). The number of halogens is 1. The van der Waals surface area contributed by atoms with E-state index in [4.69, 9.17) is 38.6 Å². The average Bonchev–Trinajstić information content (AvgIpc) is 3.82. The van der Waals surface area contributed by atoms with Gasteiger partial charge in [-0.1, -0.05) is 43.3 Å². The maximum Gasteiger partial charge on any atom is 0.407 e. The first kappa shape index (κ1) is 44.0. The van der Waals surface area contributed by atoms with Gasteiger partial charge in [0.05, 0.1) is 23.8 Å². The summed E-state index contributed by atoms with van der Waals surface area (Å²) in [5, 5.41) is 15.5. The molecule has 2 saturated heterocycles. The minimum Gasteiger partial charge on any atom is -0.444 e. The van der Waals surface area contributed by atoms with Crippen LogP contribution >= 0.6 is 11.6 Å². The van der Waals surface area contributed by atoms with Crippen LogP contribution in [-0.4, -0.2) is 91.0 Å². The molecule has 16 nitrogen and oxygen atoms in total. The highest BCUT2D eigenvalue weighted by atomic mass is 35.5. The summed E-state index contributed by atoms with van der Waals surface area (Å²) in [5.74, 6) is 0.0340. The highest BCUT2D eigenvalue weighted by molar-refractivity contribution is 6.29. The molecule has 4 aromatic heterocycles. The third-order valence-electron chi connectivity index (χ3n) is 9.53. The molecule has 0 radical (unpaired) electrons. The van der Waals surface area contributed by atoms with Crippen LogP contribution in [0.2, 0.25) is 5.15 Å². The number of hydrogen-bond donors (Lipinski definition) is 5. The molecule has 0 unspecified atom stereocenters. The van der Waals surface area contributed by atoms with E-state index >= 15 is 0 Å². The van der Waals surface area contributed by atoms with Crippen LogP contribution in [0.3, 0.4) is 0 Å². The van der Waals surface area contributed by atoms with E-state index in [1.165, 1.54) is 0 Å². The highest BCUT2D eigenvalue weighted by Gasteiger charge is 2.21. The number of anilines is 1. The minimum atomic E-state index is -0.453. The molecule has 2 aromatic carbocycles. The molecule has 59 heavy (non-hydrogen) atoms. The quantitative estimate of drug-likeness (QED) is 0.142. The van der Waals surface area contributed by atoms with E-state index in [9.17, 15) is 14.4 Å². The number of fused-ring (bicyclic) bond motifs is 2. The molecule has 2 aliphatic rings. The molecular weight excluding hydrogens is 772 g/mol. The van der Waals surface area contributed by atoms with E-state index in [-0.39, 0.29) is 25.6 Å². The number of nitrogens with zero attached hydrogens (tertiary/aromatic N) is 7. The number of primary amides is 2. The fourth-order valence-electron chi connectivity index (χ4n) is 6.46. The monoisotopic (exact) mass is 824 g/mol. The lowest BCUT2D eigenvalue weighted by Crippen LogP contribution is -2.44. The number of imidazole rings is 2. The Morgan fingerprint density at radius 3 is 1.73 bits per heavy atom. The van der Waals surface area contributed by atoms with Gasteiger partial charge in [0.25, 0.3) is 0 Å². The van der Waals surface area contributed by atoms with Crippen LogP contribution in [0.25, 0.3) is 33.8 Å². The van der Waals surface area contributed by atoms with Crippen LogP contribution in [0, 0.1) is 0 Å². The topological polar surface area (TPSA) is 226 Å². The zero-order valence-corrected chi connectivity index (χ0v) is 33.5. The SMILES string of the molecule is C.CC(C)(C)OC(=O)NC1CCNCC1.NC(=O)c1ccc(-c2cnc3ccc(Cl)nn23)cc1.NC(=O)c1ccc(-c2cnc3ccc(N4CCC(N)CC4)nn23)cc1. The lowest BCUT2D eigenvalue weighted by molar-refractivity contribution is 0.0495. The largest absolute Gasteiger partial charge is 0.444 e. The van der Waals surface area contributed by atoms with Crippen molar-refractivity contribution in [3.8, 4) is 22.5 Å². The standard InChI is InChI=1S/C18H20N6O.C13H9ClN4O.C10H20N2O2.CH4/c19-14-7-9-23(10-8-14)17-6-5-16-21-11-15(24(16)22-17)12-1-3-13(4-2-12)18(20)25;14-11-5-6-12-16-7-10(18(12)17-11)8-1-3-9(4-2-8)13(15)19;1-10(2,3)14-9(13)12-8-4-6-11-7-5-8;/h1-6,11,14H,7-10,19H2,(H2,20,25);1-7H,(H2,15,19);8,11H,4-7H2,1-3H3,(H,12,13);1H4. The Morgan fingerprint density at radius 1 is 0.746 bits per heavy atom. The second-order valence-electron chi connectivity index (χ2n) is 15.1. The van der Waals surface area contributed by atoms with Crippen molar-refractivity contribution in [3.05, 3.63) is 101 Å². The van der Waals surface area contributed by atoms with Crippen LogP contribution in [0.1, 0.15) is 74.6 Å². The molecule has 0 atom stereocenters. The average molecular weight is 825 g/mol. The first-order chi connectivity index (χ1) is 27.7. The Balaban J connectivity index is 0.000000174. The van der Waals surface area contributed by atoms with E-state index in [1.807, 2.05) is 49.6 Å². The summed E-state index contributed by atoms with van der Waals surface area (Å²) >= 11 is 5.88. The van der Waals surface area contributed by atoms with Gasteiger partial charge in [-0.25, -0.2) is 23.8 Å². The van der Waals surface area contributed by atoms with E-state index in [0.717, 1.165) is 85.8 Å². The van der Waals surface area contributed by atoms with E-state index < -0.39 is 17.4 Å². The van der Waals surface area contributed by atoms with Crippen molar-refractivity contribution in [2.45, 2.75) is 71.6 Å². The number of aromatic nitrogens is 6. The number of carbonyl (C=O) groups is 3. The zero-order valence-electron chi connectivity index (χ0n) is 32.8. The first-order valence-electron chi connectivity index (χ1n) is 19.1. The maximum absolute atomic E-state index is 11.4. The first-order valence-corrected chi connectivity index (χ1v) is 19.5. The molecule has 17 heteroatoms. The predicted octanol–water partition coefficient (Wildman–Crippen LogP) is 5.47. The van der Waals surface area contributed by atoms with Gasteiger partial charge in [0.2, 0.25) is 11.8 Å². The van der Waals surface area contributed by atoms with Crippen molar-refractivity contribution in [2.24, 2.45) is 17.2 Å². The molecule has 8 N–H and O–H groups in total. The van der Waals surface area contributed by atoms with Crippen LogP contribution in [0.4, 0.5) is 10.6 Å². The van der Waals surface area contributed by atoms with Crippen molar-refractivity contribution in [2.75, 3.05) is 31.1 Å². The van der Waals surface area contributed by atoms with Gasteiger partial charge in [0.1, 0.15) is 16.6 Å². The van der Waals surface area contributed by atoms with Crippen molar-refractivity contribution >= 4 is 46.6 Å². The van der Waals surface area contributed by atoms with Gasteiger partial charge in [-0.15, -0.1) is 5.10 Å². The van der Waals surface area contributed by atoms with E-state index in [0.29, 0.717) is 21.9 Å². The summed E-state index contributed by atoms with van der Waals surface area (Å²) in [4.78, 5) is 44.6. The number of ether oxygens (including phenoxy) is 1. The van der Waals surface area contributed by atoms with E-state index in [2.05, 4.69) is 30.6 Å². The Morgan fingerprint density at radius 2 is 1.24 bits per heavy atom. The minimum absolute atomic E-state index is 0. The number of benzene rings is 2. The molecule has 312 valence electrons. The number of piperidine rings is 2. The van der Waals surface area contributed by atoms with Gasteiger partial charge >= 0.3 is 6.09 Å². The Labute approximate surface area is 348 Å². The lowest BCUT2D eigenvalue weighted by atomic mass is 10.1. The number of carbonyl (C=O) groups excluding carboxylic acids is 3. The second kappa shape index (κ2) is 19.6. The van der Waals surface area contributed by atoms with Gasteiger partial charge in [-0.3, -0.25) is 9.59 Å². The maximum atomic E-state index is 11.4. The molecule has 0 spiro atoms. The number of hydrogen-bond acceptors (Lipinski definition) is 11. The van der Waals surface area contributed by atoms with Gasteiger partial charge in [0.15, 0.2) is 11.3 Å². The van der Waals surface area contributed by atoms with Crippen molar-refractivity contribution in [1.82, 2.24) is 39.8 Å². The third kappa shape index (κ3) is 11.7. The Hall–Kier alpha value is -6.10. The Kier molecular flexibility index (Phi) is 14.6. The van der Waals surface area contributed by atoms with Gasteiger partial charge in [-0.05, 0) is 108 Å². The van der Waals surface area contributed by atoms with Crippen molar-refractivity contribution < 1.29 is 19.1 Å². The molecular formula is C42H53ClN12O4. The molecule has 2 aliphatic heterocycles. The summed E-state index contributed by atoms with van der Waals surface area (Å²) < 4.78 is 8.66. The predicted molar refractivity (Wildman–Crippen MR) is 230 cm³/mol. The molecule has 6 aromatic rings. The lowest BCUT2D eigenvalue weighted by Gasteiger charge is -2.30.